The lowest BCUT2D eigenvalue weighted by molar-refractivity contribution is -0.106. The number of benzene rings is 1. The molecule has 0 bridgehead atoms. The van der Waals surface area contributed by atoms with Crippen LogP contribution in [0.3, 0.4) is 0 Å². The Kier molecular flexibility index (Phi) is 4.03. The normalized spacial score (nSPS) is 9.00. The Morgan fingerprint density at radius 3 is 2.75 bits per heavy atom. The summed E-state index contributed by atoms with van der Waals surface area (Å²) in [5.41, 5.74) is 6.02. The van der Waals surface area contributed by atoms with Gasteiger partial charge in [-0.05, 0) is 17.7 Å². The SMILES string of the molecule is C=Cc1cccc2ncc(O)cc12.NC=O. The van der Waals surface area contributed by atoms with Gasteiger partial charge < -0.3 is 10.8 Å². The first-order valence-corrected chi connectivity index (χ1v) is 4.58. The number of pyridine rings is 1. The van der Waals surface area contributed by atoms with E-state index in [0.29, 0.717) is 0 Å². The lowest BCUT2D eigenvalue weighted by atomic mass is 10.1. The van der Waals surface area contributed by atoms with Crippen molar-refractivity contribution in [3.63, 3.8) is 0 Å². The van der Waals surface area contributed by atoms with Crippen molar-refractivity contribution in [1.29, 1.82) is 0 Å². The van der Waals surface area contributed by atoms with E-state index in [0.717, 1.165) is 16.5 Å². The van der Waals surface area contributed by atoms with Crippen LogP contribution in [0.1, 0.15) is 5.56 Å². The second kappa shape index (κ2) is 5.50. The number of primary amides is 1. The first-order valence-electron chi connectivity index (χ1n) is 4.58. The molecule has 0 unspecified atom stereocenters. The van der Waals surface area contributed by atoms with Crippen molar-refractivity contribution >= 4 is 23.4 Å². The van der Waals surface area contributed by atoms with Crippen LogP contribution in [0.5, 0.6) is 5.75 Å². The molecule has 2 aromatic rings. The minimum Gasteiger partial charge on any atom is -0.506 e. The second-order valence-corrected chi connectivity index (χ2v) is 2.95. The molecule has 82 valence electrons. The minimum atomic E-state index is 0.182. The molecule has 4 heteroatoms. The van der Waals surface area contributed by atoms with Gasteiger partial charge in [0, 0.05) is 5.39 Å². The summed E-state index contributed by atoms with van der Waals surface area (Å²) in [7, 11) is 0. The summed E-state index contributed by atoms with van der Waals surface area (Å²) in [6.07, 6.45) is 3.44. The van der Waals surface area contributed by atoms with E-state index in [1.807, 2.05) is 18.2 Å². The van der Waals surface area contributed by atoms with Crippen LogP contribution in [0, 0.1) is 0 Å². The van der Waals surface area contributed by atoms with Crippen molar-refractivity contribution in [3.8, 4) is 5.75 Å². The number of aromatic hydroxyl groups is 1. The summed E-state index contributed by atoms with van der Waals surface area (Å²) in [4.78, 5) is 12.7. The fourth-order valence-corrected chi connectivity index (χ4v) is 1.34. The minimum absolute atomic E-state index is 0.182. The van der Waals surface area contributed by atoms with Gasteiger partial charge in [-0.2, -0.15) is 0 Å². The first kappa shape index (κ1) is 11.7. The molecule has 1 heterocycles. The fourth-order valence-electron chi connectivity index (χ4n) is 1.34. The standard InChI is InChI=1S/C11H9NO.CH3NO/c1-2-8-4-3-5-11-10(8)6-9(13)7-12-11;2-1-3/h2-7,13H,1H2;1H,(H2,2,3). The van der Waals surface area contributed by atoms with Gasteiger partial charge in [-0.3, -0.25) is 9.78 Å². The predicted molar refractivity (Wildman–Crippen MR) is 63.8 cm³/mol. The molecule has 0 fully saturated rings. The number of aromatic nitrogens is 1. The zero-order chi connectivity index (χ0) is 12.0. The largest absolute Gasteiger partial charge is 0.506 e. The molecule has 0 spiro atoms. The number of hydrogen-bond donors (Lipinski definition) is 2. The second-order valence-electron chi connectivity index (χ2n) is 2.95. The maximum atomic E-state index is 9.25. The number of carbonyl (C=O) groups is 1. The van der Waals surface area contributed by atoms with E-state index in [1.165, 1.54) is 6.20 Å². The average molecular weight is 216 g/mol. The molecule has 0 aliphatic rings. The molecule has 16 heavy (non-hydrogen) atoms. The highest BCUT2D eigenvalue weighted by Crippen LogP contribution is 2.21. The number of hydrogen-bond acceptors (Lipinski definition) is 3. The average Bonchev–Trinajstić information content (AvgIpc) is 2.29. The monoisotopic (exact) mass is 216 g/mol. The molecule has 4 nitrogen and oxygen atoms in total. The van der Waals surface area contributed by atoms with Gasteiger partial charge in [0.15, 0.2) is 0 Å². The van der Waals surface area contributed by atoms with E-state index in [-0.39, 0.29) is 12.2 Å². The van der Waals surface area contributed by atoms with E-state index in [9.17, 15) is 5.11 Å². The lowest BCUT2D eigenvalue weighted by Crippen LogP contribution is -1.82. The maximum absolute atomic E-state index is 9.25. The van der Waals surface area contributed by atoms with E-state index in [1.54, 1.807) is 12.1 Å². The predicted octanol–water partition coefficient (Wildman–Crippen LogP) is 1.68. The van der Waals surface area contributed by atoms with Gasteiger partial charge in [-0.15, -0.1) is 0 Å². The van der Waals surface area contributed by atoms with Crippen LogP contribution in [0.25, 0.3) is 17.0 Å². The molecule has 0 atom stereocenters. The molecule has 0 saturated heterocycles. The number of fused-ring (bicyclic) bond motifs is 1. The van der Waals surface area contributed by atoms with Crippen LogP contribution in [-0.2, 0) is 4.79 Å². The van der Waals surface area contributed by atoms with Crippen molar-refractivity contribution in [2.24, 2.45) is 5.73 Å². The molecule has 0 aliphatic heterocycles. The van der Waals surface area contributed by atoms with Gasteiger partial charge in [0.1, 0.15) is 5.75 Å². The van der Waals surface area contributed by atoms with Crippen LogP contribution in [0.4, 0.5) is 0 Å². The van der Waals surface area contributed by atoms with Crippen LogP contribution in [-0.4, -0.2) is 16.5 Å². The molecule has 1 amide bonds. The fraction of sp³-hybridized carbons (Fsp3) is 0. The topological polar surface area (TPSA) is 76.2 Å². The third kappa shape index (κ3) is 2.57. The number of nitrogens with two attached hydrogens (primary N) is 1. The van der Waals surface area contributed by atoms with E-state index in [4.69, 9.17) is 4.79 Å². The van der Waals surface area contributed by atoms with E-state index >= 15 is 0 Å². The Hall–Kier alpha value is -2.36. The Morgan fingerprint density at radius 1 is 1.44 bits per heavy atom. The molecular formula is C12H12N2O2. The Bertz CT molecular complexity index is 509. The molecule has 2 rings (SSSR count). The highest BCUT2D eigenvalue weighted by molar-refractivity contribution is 5.88. The summed E-state index contributed by atoms with van der Waals surface area (Å²) < 4.78 is 0. The first-order chi connectivity index (χ1) is 7.72. The Balaban J connectivity index is 0.000000386. The maximum Gasteiger partial charge on any atom is 0.204 e. The van der Waals surface area contributed by atoms with E-state index < -0.39 is 0 Å². The summed E-state index contributed by atoms with van der Waals surface area (Å²) in [6, 6.07) is 7.46. The Morgan fingerprint density at radius 2 is 2.12 bits per heavy atom. The van der Waals surface area contributed by atoms with E-state index in [2.05, 4.69) is 17.3 Å². The summed E-state index contributed by atoms with van der Waals surface area (Å²) in [5.74, 6) is 0.182. The van der Waals surface area contributed by atoms with Gasteiger partial charge in [-0.25, -0.2) is 0 Å². The number of amides is 1. The van der Waals surface area contributed by atoms with Crippen LogP contribution in [0.15, 0.2) is 37.0 Å². The Labute approximate surface area is 93.0 Å². The van der Waals surface area contributed by atoms with Gasteiger partial charge in [0.25, 0.3) is 0 Å². The highest BCUT2D eigenvalue weighted by atomic mass is 16.3. The number of nitrogens with zero attached hydrogens (tertiary/aromatic N) is 1. The van der Waals surface area contributed by atoms with Crippen molar-refractivity contribution in [2.45, 2.75) is 0 Å². The van der Waals surface area contributed by atoms with Gasteiger partial charge >= 0.3 is 0 Å². The summed E-state index contributed by atoms with van der Waals surface area (Å²) in [6.45, 7) is 3.70. The summed E-state index contributed by atoms with van der Waals surface area (Å²) in [5, 5.41) is 10.2. The van der Waals surface area contributed by atoms with Crippen LogP contribution in [0.2, 0.25) is 0 Å². The molecule has 3 N–H and O–H groups in total. The third-order valence-corrected chi connectivity index (χ3v) is 1.96. The quantitative estimate of drug-likeness (QED) is 0.712. The van der Waals surface area contributed by atoms with Crippen molar-refractivity contribution in [1.82, 2.24) is 4.98 Å². The smallest absolute Gasteiger partial charge is 0.204 e. The van der Waals surface area contributed by atoms with Crippen LogP contribution >= 0.6 is 0 Å². The highest BCUT2D eigenvalue weighted by Gasteiger charge is 1.99. The van der Waals surface area contributed by atoms with Crippen molar-refractivity contribution < 1.29 is 9.90 Å². The van der Waals surface area contributed by atoms with Crippen LogP contribution < -0.4 is 5.73 Å². The van der Waals surface area contributed by atoms with Crippen molar-refractivity contribution in [2.75, 3.05) is 0 Å². The van der Waals surface area contributed by atoms with Crippen molar-refractivity contribution in [3.05, 3.63) is 42.6 Å². The summed E-state index contributed by atoms with van der Waals surface area (Å²) >= 11 is 0. The lowest BCUT2D eigenvalue weighted by Gasteiger charge is -2.01. The third-order valence-electron chi connectivity index (χ3n) is 1.96. The zero-order valence-electron chi connectivity index (χ0n) is 8.63. The molecule has 0 aliphatic carbocycles. The van der Waals surface area contributed by atoms with Gasteiger partial charge in [0.2, 0.25) is 6.41 Å². The zero-order valence-corrected chi connectivity index (χ0v) is 8.63. The molecule has 0 radical (unpaired) electrons. The number of rotatable bonds is 1. The molecule has 1 aromatic heterocycles. The molecular weight excluding hydrogens is 204 g/mol. The molecule has 0 saturated carbocycles. The molecule has 1 aromatic carbocycles. The number of carbonyl (C=O) groups excluding carboxylic acids is 1. The van der Waals surface area contributed by atoms with Gasteiger partial charge in [-0.1, -0.05) is 24.8 Å². The van der Waals surface area contributed by atoms with Gasteiger partial charge in [0.05, 0.1) is 11.7 Å².